The van der Waals surface area contributed by atoms with Gasteiger partial charge in [-0.05, 0) is 25.5 Å². The molecule has 4 N–H and O–H groups in total. The number of rotatable bonds is 4. The maximum absolute atomic E-state index is 11.9. The molecule has 17 heavy (non-hydrogen) atoms. The molecule has 6 nitrogen and oxygen atoms in total. The molecular formula is C11H16N4O2. The van der Waals surface area contributed by atoms with E-state index in [4.69, 9.17) is 10.9 Å². The first-order valence-electron chi connectivity index (χ1n) is 5.25. The van der Waals surface area contributed by atoms with Gasteiger partial charge in [-0.25, -0.2) is 0 Å². The highest BCUT2D eigenvalue weighted by molar-refractivity contribution is 5.98. The van der Waals surface area contributed by atoms with Gasteiger partial charge in [0.1, 0.15) is 5.69 Å². The van der Waals surface area contributed by atoms with Crippen molar-refractivity contribution in [2.24, 2.45) is 10.9 Å². The van der Waals surface area contributed by atoms with Gasteiger partial charge in [-0.15, -0.1) is 0 Å². The average Bonchev–Trinajstić information content (AvgIpc) is 2.38. The van der Waals surface area contributed by atoms with Gasteiger partial charge in [0.15, 0.2) is 5.84 Å². The first-order chi connectivity index (χ1) is 8.03. The van der Waals surface area contributed by atoms with Crippen molar-refractivity contribution in [3.63, 3.8) is 0 Å². The second-order valence-electron chi connectivity index (χ2n) is 3.84. The number of carbonyl (C=O) groups excluding carboxylic acids is 1. The Bertz CT molecular complexity index is 419. The van der Waals surface area contributed by atoms with Crippen LogP contribution < -0.4 is 11.1 Å². The molecule has 1 aromatic heterocycles. The zero-order valence-corrected chi connectivity index (χ0v) is 9.84. The largest absolute Gasteiger partial charge is 0.409 e. The molecule has 6 heteroatoms. The summed E-state index contributed by atoms with van der Waals surface area (Å²) in [5.74, 6) is -0.397. The molecule has 0 saturated carbocycles. The van der Waals surface area contributed by atoms with Crippen molar-refractivity contribution in [1.29, 1.82) is 0 Å². The number of nitrogens with zero attached hydrogens (tertiary/aromatic N) is 2. The van der Waals surface area contributed by atoms with Crippen molar-refractivity contribution >= 4 is 11.7 Å². The van der Waals surface area contributed by atoms with Crippen molar-refractivity contribution in [1.82, 2.24) is 10.3 Å². The van der Waals surface area contributed by atoms with Gasteiger partial charge in [0.2, 0.25) is 0 Å². The summed E-state index contributed by atoms with van der Waals surface area (Å²) >= 11 is 0. The summed E-state index contributed by atoms with van der Waals surface area (Å²) in [7, 11) is 0. The van der Waals surface area contributed by atoms with Crippen LogP contribution in [-0.2, 0) is 0 Å². The number of amidine groups is 1. The molecule has 0 aliphatic carbocycles. The molecule has 1 unspecified atom stereocenters. The normalized spacial score (nSPS) is 15.1. The minimum atomic E-state index is -0.886. The van der Waals surface area contributed by atoms with E-state index in [2.05, 4.69) is 15.5 Å². The monoisotopic (exact) mass is 236 g/mol. The first kappa shape index (κ1) is 13.0. The van der Waals surface area contributed by atoms with Crippen LogP contribution in [0.25, 0.3) is 0 Å². The molecule has 1 atom stereocenters. The second-order valence-corrected chi connectivity index (χ2v) is 3.84. The number of nitrogens with one attached hydrogen (secondary N) is 1. The third-order valence-electron chi connectivity index (χ3n) is 2.67. The Kier molecular flexibility index (Phi) is 4.03. The van der Waals surface area contributed by atoms with Gasteiger partial charge in [-0.3, -0.25) is 9.78 Å². The van der Waals surface area contributed by atoms with Crippen LogP contribution in [0.15, 0.2) is 29.6 Å². The number of hydrogen-bond acceptors (Lipinski definition) is 4. The molecule has 0 spiro atoms. The molecule has 1 aromatic rings. The maximum atomic E-state index is 11.9. The smallest absolute Gasteiger partial charge is 0.270 e. The lowest BCUT2D eigenvalue weighted by Gasteiger charge is -2.27. The highest BCUT2D eigenvalue weighted by atomic mass is 16.4. The zero-order valence-electron chi connectivity index (χ0n) is 9.84. The quantitative estimate of drug-likeness (QED) is 0.310. The minimum Gasteiger partial charge on any atom is -0.409 e. The van der Waals surface area contributed by atoms with Gasteiger partial charge in [0, 0.05) is 6.20 Å². The first-order valence-corrected chi connectivity index (χ1v) is 5.25. The number of carbonyl (C=O) groups is 1. The SMILES string of the molecule is CCC(C)(NC(=O)c1ccccn1)/C(N)=N/O. The lowest BCUT2D eigenvalue weighted by atomic mass is 9.97. The average molecular weight is 236 g/mol. The lowest BCUT2D eigenvalue weighted by molar-refractivity contribution is 0.0920. The summed E-state index contributed by atoms with van der Waals surface area (Å²) in [5, 5.41) is 14.3. The molecule has 0 aliphatic heterocycles. The third-order valence-corrected chi connectivity index (χ3v) is 2.67. The number of aromatic nitrogens is 1. The van der Waals surface area contributed by atoms with E-state index in [0.717, 1.165) is 0 Å². The van der Waals surface area contributed by atoms with Crippen LogP contribution in [0, 0.1) is 0 Å². The van der Waals surface area contributed by atoms with Gasteiger partial charge < -0.3 is 16.3 Å². The number of oxime groups is 1. The van der Waals surface area contributed by atoms with E-state index in [-0.39, 0.29) is 17.4 Å². The third kappa shape index (κ3) is 2.93. The molecule has 0 aromatic carbocycles. The lowest BCUT2D eigenvalue weighted by Crippen LogP contribution is -2.55. The summed E-state index contributed by atoms with van der Waals surface area (Å²) in [6.45, 7) is 3.51. The summed E-state index contributed by atoms with van der Waals surface area (Å²) in [6, 6.07) is 5.03. The van der Waals surface area contributed by atoms with Crippen molar-refractivity contribution < 1.29 is 10.0 Å². The number of nitrogens with two attached hydrogens (primary N) is 1. The van der Waals surface area contributed by atoms with Crippen LogP contribution >= 0.6 is 0 Å². The second kappa shape index (κ2) is 5.29. The van der Waals surface area contributed by atoms with Crippen LogP contribution in [0.2, 0.25) is 0 Å². The van der Waals surface area contributed by atoms with Gasteiger partial charge in [0.05, 0.1) is 5.54 Å². The zero-order chi connectivity index (χ0) is 12.9. The van der Waals surface area contributed by atoms with E-state index in [1.807, 2.05) is 6.92 Å². The molecule has 1 rings (SSSR count). The summed E-state index contributed by atoms with van der Waals surface area (Å²) < 4.78 is 0. The minimum absolute atomic E-state index is 0.0377. The Morgan fingerprint density at radius 3 is 2.82 bits per heavy atom. The van der Waals surface area contributed by atoms with Crippen molar-refractivity contribution in [3.05, 3.63) is 30.1 Å². The number of pyridine rings is 1. The fraction of sp³-hybridized carbons (Fsp3) is 0.364. The van der Waals surface area contributed by atoms with E-state index in [9.17, 15) is 4.79 Å². The number of amides is 1. The van der Waals surface area contributed by atoms with Crippen molar-refractivity contribution in [2.45, 2.75) is 25.8 Å². The predicted molar refractivity (Wildman–Crippen MR) is 63.8 cm³/mol. The molecule has 0 saturated heterocycles. The van der Waals surface area contributed by atoms with E-state index in [0.29, 0.717) is 6.42 Å². The Morgan fingerprint density at radius 1 is 1.65 bits per heavy atom. The van der Waals surface area contributed by atoms with Gasteiger partial charge in [0.25, 0.3) is 5.91 Å². The molecule has 0 aliphatic rings. The summed E-state index contributed by atoms with van der Waals surface area (Å²) in [5.41, 5.74) is 4.96. The van der Waals surface area contributed by atoms with Crippen molar-refractivity contribution in [2.75, 3.05) is 0 Å². The van der Waals surface area contributed by atoms with Crippen LogP contribution in [0.1, 0.15) is 30.8 Å². The molecule has 1 heterocycles. The van der Waals surface area contributed by atoms with Crippen LogP contribution in [0.4, 0.5) is 0 Å². The van der Waals surface area contributed by atoms with Crippen LogP contribution in [0.3, 0.4) is 0 Å². The Balaban J connectivity index is 2.87. The van der Waals surface area contributed by atoms with Crippen molar-refractivity contribution in [3.8, 4) is 0 Å². The van der Waals surface area contributed by atoms with Gasteiger partial charge >= 0.3 is 0 Å². The van der Waals surface area contributed by atoms with E-state index >= 15 is 0 Å². The highest BCUT2D eigenvalue weighted by Crippen LogP contribution is 2.10. The molecule has 92 valence electrons. The van der Waals surface area contributed by atoms with E-state index in [1.54, 1.807) is 25.1 Å². The fourth-order valence-electron chi connectivity index (χ4n) is 1.26. The molecule has 1 amide bonds. The summed E-state index contributed by atoms with van der Waals surface area (Å²) in [4.78, 5) is 15.8. The topological polar surface area (TPSA) is 101 Å². The summed E-state index contributed by atoms with van der Waals surface area (Å²) in [6.07, 6.45) is 2.03. The molecule has 0 bridgehead atoms. The Hall–Kier alpha value is -2.11. The fourth-order valence-corrected chi connectivity index (χ4v) is 1.26. The van der Waals surface area contributed by atoms with E-state index in [1.165, 1.54) is 6.20 Å². The predicted octanol–water partition coefficient (Wildman–Crippen LogP) is 0.726. The highest BCUT2D eigenvalue weighted by Gasteiger charge is 2.30. The van der Waals surface area contributed by atoms with Crippen LogP contribution in [0.5, 0.6) is 0 Å². The number of hydrogen-bond donors (Lipinski definition) is 3. The molecule has 0 fully saturated rings. The Labute approximate surface area is 99.5 Å². The maximum Gasteiger partial charge on any atom is 0.270 e. The van der Waals surface area contributed by atoms with E-state index < -0.39 is 5.54 Å². The standard InChI is InChI=1S/C11H16N4O2/c1-3-11(2,10(12)15-17)14-9(16)8-6-4-5-7-13-8/h4-7,17H,3H2,1-2H3,(H2,12,15)(H,14,16). The molecule has 0 radical (unpaired) electrons. The molecular weight excluding hydrogens is 220 g/mol. The van der Waals surface area contributed by atoms with Crippen LogP contribution in [-0.4, -0.2) is 27.5 Å². The van der Waals surface area contributed by atoms with Gasteiger partial charge in [-0.2, -0.15) is 0 Å². The van der Waals surface area contributed by atoms with Gasteiger partial charge in [-0.1, -0.05) is 18.1 Å². The Morgan fingerprint density at radius 2 is 2.35 bits per heavy atom.